The van der Waals surface area contributed by atoms with Crippen molar-refractivity contribution in [3.05, 3.63) is 83.2 Å². The third-order valence-electron chi connectivity index (χ3n) is 6.60. The number of hydrogen-bond donors (Lipinski definition) is 1. The summed E-state index contributed by atoms with van der Waals surface area (Å²) in [5, 5.41) is 3.29. The van der Waals surface area contributed by atoms with Crippen LogP contribution in [0.3, 0.4) is 0 Å². The third-order valence-corrected chi connectivity index (χ3v) is 6.60. The SMILES string of the molecule is C=C1NC2=C(C(=O)CC(c3ccccc3)C2)C(c2ccc(OC(C)=O)c(OCC)c2)C1C(=O)OC(C)C. The molecule has 0 saturated heterocycles. The van der Waals surface area contributed by atoms with Gasteiger partial charge in [0.05, 0.1) is 12.7 Å². The zero-order valence-electron chi connectivity index (χ0n) is 21.7. The number of hydrogen-bond acceptors (Lipinski definition) is 7. The van der Waals surface area contributed by atoms with Crippen molar-refractivity contribution in [2.24, 2.45) is 5.92 Å². The van der Waals surface area contributed by atoms with Crippen LogP contribution >= 0.6 is 0 Å². The van der Waals surface area contributed by atoms with E-state index in [9.17, 15) is 14.4 Å². The van der Waals surface area contributed by atoms with E-state index in [1.807, 2.05) is 37.3 Å². The Morgan fingerprint density at radius 3 is 2.43 bits per heavy atom. The van der Waals surface area contributed by atoms with E-state index in [0.29, 0.717) is 42.0 Å². The number of Topliss-reactive ketones (excluding diaryl/α,β-unsaturated/α-hetero) is 1. The summed E-state index contributed by atoms with van der Waals surface area (Å²) < 4.78 is 16.7. The van der Waals surface area contributed by atoms with Crippen LogP contribution < -0.4 is 14.8 Å². The van der Waals surface area contributed by atoms with Gasteiger partial charge in [-0.05, 0) is 56.4 Å². The molecule has 0 radical (unpaired) electrons. The van der Waals surface area contributed by atoms with Crippen molar-refractivity contribution in [2.45, 2.75) is 58.5 Å². The van der Waals surface area contributed by atoms with Gasteiger partial charge in [-0.2, -0.15) is 0 Å². The molecule has 4 rings (SSSR count). The zero-order valence-corrected chi connectivity index (χ0v) is 21.7. The van der Waals surface area contributed by atoms with Crippen molar-refractivity contribution in [3.8, 4) is 11.5 Å². The number of ketones is 1. The Bertz CT molecular complexity index is 1250. The molecule has 2 aromatic rings. The molecule has 0 spiro atoms. The number of esters is 2. The summed E-state index contributed by atoms with van der Waals surface area (Å²) in [5.74, 6) is -1.71. The van der Waals surface area contributed by atoms with Crippen LogP contribution in [0.25, 0.3) is 0 Å². The fourth-order valence-electron chi connectivity index (χ4n) is 5.18. The van der Waals surface area contributed by atoms with Crippen molar-refractivity contribution in [1.29, 1.82) is 0 Å². The molecule has 2 aliphatic rings. The lowest BCUT2D eigenvalue weighted by molar-refractivity contribution is -0.151. The van der Waals surface area contributed by atoms with E-state index in [4.69, 9.17) is 14.2 Å². The van der Waals surface area contributed by atoms with Gasteiger partial charge >= 0.3 is 11.9 Å². The fourth-order valence-corrected chi connectivity index (χ4v) is 5.18. The lowest BCUT2D eigenvalue weighted by atomic mass is 9.69. The highest BCUT2D eigenvalue weighted by Crippen LogP contribution is 2.48. The highest BCUT2D eigenvalue weighted by molar-refractivity contribution is 6.01. The smallest absolute Gasteiger partial charge is 0.316 e. The monoisotopic (exact) mass is 503 g/mol. The number of carbonyl (C=O) groups excluding carboxylic acids is 3. The first-order valence-electron chi connectivity index (χ1n) is 12.6. The van der Waals surface area contributed by atoms with E-state index in [0.717, 1.165) is 11.3 Å². The van der Waals surface area contributed by atoms with E-state index in [1.165, 1.54) is 6.92 Å². The molecule has 3 atom stereocenters. The largest absolute Gasteiger partial charge is 0.490 e. The molecule has 0 fully saturated rings. The Morgan fingerprint density at radius 1 is 1.05 bits per heavy atom. The first-order valence-corrected chi connectivity index (χ1v) is 12.6. The average Bonchev–Trinajstić information content (AvgIpc) is 2.84. The Hall–Kier alpha value is -3.87. The number of nitrogens with one attached hydrogen (secondary N) is 1. The van der Waals surface area contributed by atoms with Crippen LogP contribution in [-0.2, 0) is 19.1 Å². The molecular weight excluding hydrogens is 470 g/mol. The van der Waals surface area contributed by atoms with Gasteiger partial charge in [0.15, 0.2) is 17.3 Å². The zero-order chi connectivity index (χ0) is 26.7. The Balaban J connectivity index is 1.83. The highest BCUT2D eigenvalue weighted by atomic mass is 16.6. The molecule has 3 unspecified atom stereocenters. The lowest BCUT2D eigenvalue weighted by Crippen LogP contribution is -2.42. The second kappa shape index (κ2) is 11.0. The van der Waals surface area contributed by atoms with Crippen LogP contribution in [0.1, 0.15) is 63.5 Å². The van der Waals surface area contributed by atoms with Gasteiger partial charge in [0, 0.05) is 36.2 Å². The van der Waals surface area contributed by atoms with Gasteiger partial charge in [0.2, 0.25) is 0 Å². The van der Waals surface area contributed by atoms with E-state index in [2.05, 4.69) is 11.9 Å². The molecule has 194 valence electrons. The third kappa shape index (κ3) is 5.61. The summed E-state index contributed by atoms with van der Waals surface area (Å²) in [6.07, 6.45) is 0.630. The number of rotatable bonds is 7. The fraction of sp³-hybridized carbons (Fsp3) is 0.367. The molecule has 37 heavy (non-hydrogen) atoms. The first-order chi connectivity index (χ1) is 17.7. The van der Waals surface area contributed by atoms with Gasteiger partial charge in [-0.1, -0.05) is 43.0 Å². The molecule has 7 heteroatoms. The van der Waals surface area contributed by atoms with Crippen LogP contribution in [0.5, 0.6) is 11.5 Å². The normalized spacial score (nSPS) is 21.3. The van der Waals surface area contributed by atoms with Gasteiger partial charge in [0.25, 0.3) is 0 Å². The maximum absolute atomic E-state index is 13.7. The molecule has 0 amide bonds. The summed E-state index contributed by atoms with van der Waals surface area (Å²) >= 11 is 0. The predicted molar refractivity (Wildman–Crippen MR) is 139 cm³/mol. The Kier molecular flexibility index (Phi) is 7.81. The molecule has 0 aromatic heterocycles. The van der Waals surface area contributed by atoms with E-state index >= 15 is 0 Å². The van der Waals surface area contributed by atoms with E-state index in [-0.39, 0.29) is 23.6 Å². The van der Waals surface area contributed by atoms with Crippen LogP contribution in [0.2, 0.25) is 0 Å². The summed E-state index contributed by atoms with van der Waals surface area (Å²) in [4.78, 5) is 38.7. The molecule has 1 N–H and O–H groups in total. The van der Waals surface area contributed by atoms with Gasteiger partial charge in [-0.15, -0.1) is 0 Å². The predicted octanol–water partition coefficient (Wildman–Crippen LogP) is 5.18. The molecule has 1 heterocycles. The number of allylic oxidation sites excluding steroid dienone is 2. The van der Waals surface area contributed by atoms with E-state index < -0.39 is 23.8 Å². The van der Waals surface area contributed by atoms with E-state index in [1.54, 1.807) is 32.0 Å². The average molecular weight is 504 g/mol. The molecule has 1 aliphatic heterocycles. The molecular formula is C30H33NO6. The number of carbonyl (C=O) groups is 3. The van der Waals surface area contributed by atoms with Gasteiger partial charge in [-0.3, -0.25) is 14.4 Å². The summed E-state index contributed by atoms with van der Waals surface area (Å²) in [6.45, 7) is 11.2. The van der Waals surface area contributed by atoms with Gasteiger partial charge in [-0.25, -0.2) is 0 Å². The molecule has 7 nitrogen and oxygen atoms in total. The van der Waals surface area contributed by atoms with Crippen molar-refractivity contribution < 1.29 is 28.6 Å². The van der Waals surface area contributed by atoms with Crippen molar-refractivity contribution in [3.63, 3.8) is 0 Å². The highest BCUT2D eigenvalue weighted by Gasteiger charge is 2.46. The second-order valence-corrected chi connectivity index (χ2v) is 9.66. The standard InChI is InChI=1S/C30H33NO6/c1-6-35-26-16-21(12-13-25(26)37-19(5)32)28-27(30(34)36-17(2)3)18(4)31-23-14-22(15-24(33)29(23)28)20-10-8-7-9-11-20/h7-13,16-17,22,27-28,31H,4,6,14-15H2,1-3,5H3. The minimum absolute atomic E-state index is 0.0236. The minimum Gasteiger partial charge on any atom is -0.490 e. The summed E-state index contributed by atoms with van der Waals surface area (Å²) in [6, 6.07) is 15.1. The number of ether oxygens (including phenoxy) is 3. The minimum atomic E-state index is -0.813. The first kappa shape index (κ1) is 26.2. The topological polar surface area (TPSA) is 90.9 Å². The molecule has 0 bridgehead atoms. The molecule has 2 aromatic carbocycles. The van der Waals surface area contributed by atoms with Crippen molar-refractivity contribution in [1.82, 2.24) is 5.32 Å². The Labute approximate surface area is 217 Å². The summed E-state index contributed by atoms with van der Waals surface area (Å²) in [5.41, 5.74) is 3.60. The van der Waals surface area contributed by atoms with Crippen LogP contribution in [0, 0.1) is 5.92 Å². The number of benzene rings is 2. The van der Waals surface area contributed by atoms with Crippen LogP contribution in [-0.4, -0.2) is 30.4 Å². The summed E-state index contributed by atoms with van der Waals surface area (Å²) in [7, 11) is 0. The second-order valence-electron chi connectivity index (χ2n) is 9.66. The maximum atomic E-state index is 13.7. The van der Waals surface area contributed by atoms with Crippen LogP contribution in [0.15, 0.2) is 72.1 Å². The quantitative estimate of drug-likeness (QED) is 0.411. The van der Waals surface area contributed by atoms with Crippen molar-refractivity contribution in [2.75, 3.05) is 6.61 Å². The Morgan fingerprint density at radius 2 is 1.78 bits per heavy atom. The van der Waals surface area contributed by atoms with Gasteiger partial charge < -0.3 is 19.5 Å². The van der Waals surface area contributed by atoms with Gasteiger partial charge in [0.1, 0.15) is 5.92 Å². The lowest BCUT2D eigenvalue weighted by Gasteiger charge is -2.40. The molecule has 0 saturated carbocycles. The van der Waals surface area contributed by atoms with Crippen LogP contribution in [0.4, 0.5) is 0 Å². The van der Waals surface area contributed by atoms with Crippen molar-refractivity contribution >= 4 is 17.7 Å². The maximum Gasteiger partial charge on any atom is 0.316 e. The molecule has 1 aliphatic carbocycles.